The third-order valence-electron chi connectivity index (χ3n) is 2.65. The van der Waals surface area contributed by atoms with Crippen molar-refractivity contribution in [3.8, 4) is 11.1 Å². The van der Waals surface area contributed by atoms with Crippen molar-refractivity contribution in [2.45, 2.75) is 6.92 Å². The minimum absolute atomic E-state index is 0.0421. The second kappa shape index (κ2) is 4.56. The van der Waals surface area contributed by atoms with Gasteiger partial charge in [0.05, 0.1) is 5.56 Å². The summed E-state index contributed by atoms with van der Waals surface area (Å²) in [4.78, 5) is 11.1. The molecule has 0 radical (unpaired) electrons. The van der Waals surface area contributed by atoms with Crippen LogP contribution >= 0.6 is 0 Å². The normalized spacial score (nSPS) is 10.4. The van der Waals surface area contributed by atoms with Gasteiger partial charge >= 0.3 is 5.97 Å². The highest BCUT2D eigenvalue weighted by Crippen LogP contribution is 2.28. The van der Waals surface area contributed by atoms with E-state index in [1.54, 1.807) is 13.0 Å². The molecule has 0 saturated heterocycles. The second-order valence-electron chi connectivity index (χ2n) is 3.96. The highest BCUT2D eigenvalue weighted by Gasteiger charge is 2.16. The summed E-state index contributed by atoms with van der Waals surface area (Å²) in [5, 5.41) is 9.10. The minimum Gasteiger partial charge on any atom is -0.478 e. The summed E-state index contributed by atoms with van der Waals surface area (Å²) in [6, 6.07) is 8.27. The van der Waals surface area contributed by atoms with Gasteiger partial charge in [-0.15, -0.1) is 0 Å². The molecule has 0 unspecified atom stereocenters. The molecule has 0 heterocycles. The summed E-state index contributed by atoms with van der Waals surface area (Å²) in [5.41, 5.74) is 0.824. The fourth-order valence-electron chi connectivity index (χ4n) is 1.78. The highest BCUT2D eigenvalue weighted by molar-refractivity contribution is 5.96. The number of carboxylic acid groups (broad SMARTS) is 1. The summed E-state index contributed by atoms with van der Waals surface area (Å²) in [6.45, 7) is 1.73. The van der Waals surface area contributed by atoms with Gasteiger partial charge in [-0.2, -0.15) is 0 Å². The Bertz CT molecular complexity index is 621. The summed E-state index contributed by atoms with van der Waals surface area (Å²) in [6.07, 6.45) is 0. The van der Waals surface area contributed by atoms with Gasteiger partial charge in [0.1, 0.15) is 0 Å². The maximum atomic E-state index is 13.7. The Morgan fingerprint density at radius 3 is 2.50 bits per heavy atom. The van der Waals surface area contributed by atoms with Crippen LogP contribution in [-0.4, -0.2) is 11.1 Å². The molecule has 0 aliphatic rings. The van der Waals surface area contributed by atoms with Crippen LogP contribution in [0.4, 0.5) is 8.78 Å². The Kier molecular flexibility index (Phi) is 3.10. The molecule has 0 bridgehead atoms. The molecule has 2 aromatic rings. The molecule has 0 amide bonds. The second-order valence-corrected chi connectivity index (χ2v) is 3.96. The Labute approximate surface area is 103 Å². The van der Waals surface area contributed by atoms with Crippen molar-refractivity contribution in [1.82, 2.24) is 0 Å². The lowest BCUT2D eigenvalue weighted by molar-refractivity contribution is 0.0697. The number of aromatic carboxylic acids is 1. The van der Waals surface area contributed by atoms with Crippen LogP contribution in [0.3, 0.4) is 0 Å². The first kappa shape index (κ1) is 12.2. The number of halogens is 2. The number of hydrogen-bond acceptors (Lipinski definition) is 1. The maximum absolute atomic E-state index is 13.7. The number of rotatable bonds is 2. The van der Waals surface area contributed by atoms with Crippen LogP contribution in [0, 0.1) is 18.6 Å². The number of carbonyl (C=O) groups is 1. The van der Waals surface area contributed by atoms with Crippen molar-refractivity contribution in [3.63, 3.8) is 0 Å². The van der Waals surface area contributed by atoms with Crippen molar-refractivity contribution in [3.05, 3.63) is 59.2 Å². The van der Waals surface area contributed by atoms with Gasteiger partial charge in [-0.3, -0.25) is 0 Å². The average Bonchev–Trinajstić information content (AvgIpc) is 2.33. The lowest BCUT2D eigenvalue weighted by atomic mass is 9.97. The summed E-state index contributed by atoms with van der Waals surface area (Å²) in [7, 11) is 0. The highest BCUT2D eigenvalue weighted by atomic mass is 19.2. The largest absolute Gasteiger partial charge is 0.478 e. The molecule has 0 aliphatic carbocycles. The van der Waals surface area contributed by atoms with Gasteiger partial charge in [0.25, 0.3) is 0 Å². The third-order valence-corrected chi connectivity index (χ3v) is 2.65. The van der Waals surface area contributed by atoms with Gasteiger partial charge in [-0.25, -0.2) is 13.6 Å². The summed E-state index contributed by atoms with van der Waals surface area (Å²) in [5.74, 6) is -3.20. The SMILES string of the molecule is Cc1ccc(-c2cccc(F)c2F)c(C(=O)O)c1. The van der Waals surface area contributed by atoms with Crippen molar-refractivity contribution >= 4 is 5.97 Å². The predicted molar refractivity (Wildman–Crippen MR) is 63.5 cm³/mol. The Hall–Kier alpha value is -2.23. The predicted octanol–water partition coefficient (Wildman–Crippen LogP) is 3.64. The number of aryl methyl sites for hydroxylation is 1. The zero-order valence-corrected chi connectivity index (χ0v) is 9.58. The van der Waals surface area contributed by atoms with Gasteiger partial charge in [-0.1, -0.05) is 29.8 Å². The number of carboxylic acids is 1. The van der Waals surface area contributed by atoms with Crippen LogP contribution < -0.4 is 0 Å². The van der Waals surface area contributed by atoms with E-state index < -0.39 is 17.6 Å². The molecule has 0 spiro atoms. The molecule has 1 N–H and O–H groups in total. The van der Waals surface area contributed by atoms with Crippen LogP contribution in [0.15, 0.2) is 36.4 Å². The molecule has 4 heteroatoms. The first-order valence-electron chi connectivity index (χ1n) is 5.29. The van der Waals surface area contributed by atoms with Crippen LogP contribution in [-0.2, 0) is 0 Å². The van der Waals surface area contributed by atoms with Gasteiger partial charge in [-0.05, 0) is 24.6 Å². The first-order chi connectivity index (χ1) is 8.50. The van der Waals surface area contributed by atoms with Gasteiger partial charge < -0.3 is 5.11 Å². The van der Waals surface area contributed by atoms with Crippen molar-refractivity contribution < 1.29 is 18.7 Å². The zero-order valence-electron chi connectivity index (χ0n) is 9.58. The van der Waals surface area contributed by atoms with Crippen LogP contribution in [0.5, 0.6) is 0 Å². The Morgan fingerprint density at radius 2 is 1.83 bits per heavy atom. The van der Waals surface area contributed by atoms with Gasteiger partial charge in [0, 0.05) is 5.56 Å². The molecule has 0 aromatic heterocycles. The summed E-state index contributed by atoms with van der Waals surface area (Å²) < 4.78 is 26.8. The first-order valence-corrected chi connectivity index (χ1v) is 5.29. The molecular formula is C14H10F2O2. The van der Waals surface area contributed by atoms with E-state index in [2.05, 4.69) is 0 Å². The molecule has 2 rings (SSSR count). The Morgan fingerprint density at radius 1 is 1.11 bits per heavy atom. The van der Waals surface area contributed by atoms with E-state index in [1.165, 1.54) is 24.3 Å². The van der Waals surface area contributed by atoms with Crippen LogP contribution in [0.2, 0.25) is 0 Å². The third kappa shape index (κ3) is 2.09. The molecule has 18 heavy (non-hydrogen) atoms. The molecule has 0 fully saturated rings. The minimum atomic E-state index is -1.17. The van der Waals surface area contributed by atoms with Crippen LogP contribution in [0.1, 0.15) is 15.9 Å². The lowest BCUT2D eigenvalue weighted by Gasteiger charge is -2.08. The standard InChI is InChI=1S/C14H10F2O2/c1-8-5-6-9(11(7-8)14(17)18)10-3-2-4-12(15)13(10)16/h2-7H,1H3,(H,17,18). The van der Waals surface area contributed by atoms with E-state index in [1.807, 2.05) is 0 Å². The number of hydrogen-bond donors (Lipinski definition) is 1. The fraction of sp³-hybridized carbons (Fsp3) is 0.0714. The van der Waals surface area contributed by atoms with Crippen molar-refractivity contribution in [2.24, 2.45) is 0 Å². The van der Waals surface area contributed by atoms with Gasteiger partial charge in [0.15, 0.2) is 11.6 Å². The lowest BCUT2D eigenvalue weighted by Crippen LogP contribution is -2.01. The van der Waals surface area contributed by atoms with Gasteiger partial charge in [0.2, 0.25) is 0 Å². The van der Waals surface area contributed by atoms with Crippen molar-refractivity contribution in [2.75, 3.05) is 0 Å². The topological polar surface area (TPSA) is 37.3 Å². The molecule has 2 nitrogen and oxygen atoms in total. The Balaban J connectivity index is 2.71. The fourth-order valence-corrected chi connectivity index (χ4v) is 1.78. The smallest absolute Gasteiger partial charge is 0.336 e. The molecule has 2 aromatic carbocycles. The van der Waals surface area contributed by atoms with E-state index in [0.29, 0.717) is 0 Å². The molecular weight excluding hydrogens is 238 g/mol. The molecule has 92 valence electrons. The average molecular weight is 248 g/mol. The van der Waals surface area contributed by atoms with E-state index in [-0.39, 0.29) is 16.7 Å². The zero-order chi connectivity index (χ0) is 13.3. The quantitative estimate of drug-likeness (QED) is 0.880. The molecule has 0 aliphatic heterocycles. The number of benzene rings is 2. The summed E-state index contributed by atoms with van der Waals surface area (Å²) >= 11 is 0. The molecule has 0 saturated carbocycles. The monoisotopic (exact) mass is 248 g/mol. The van der Waals surface area contributed by atoms with E-state index in [0.717, 1.165) is 11.6 Å². The van der Waals surface area contributed by atoms with E-state index in [4.69, 9.17) is 5.11 Å². The molecule has 0 atom stereocenters. The van der Waals surface area contributed by atoms with E-state index >= 15 is 0 Å². The van der Waals surface area contributed by atoms with E-state index in [9.17, 15) is 13.6 Å². The maximum Gasteiger partial charge on any atom is 0.336 e. The van der Waals surface area contributed by atoms with Crippen LogP contribution in [0.25, 0.3) is 11.1 Å². The van der Waals surface area contributed by atoms with Crippen molar-refractivity contribution in [1.29, 1.82) is 0 Å².